The Labute approximate surface area is 241 Å². The summed E-state index contributed by atoms with van der Waals surface area (Å²) in [5.41, 5.74) is -3.80. The smallest absolute Gasteiger partial charge is 0.342 e. The molecule has 1 N–H and O–H groups in total. The van der Waals surface area contributed by atoms with Gasteiger partial charge in [0, 0.05) is 23.8 Å². The van der Waals surface area contributed by atoms with E-state index in [1.54, 1.807) is 4.67 Å². The molecule has 2 aliphatic rings. The second-order valence-electron chi connectivity index (χ2n) is 10.5. The fourth-order valence-corrected chi connectivity index (χ4v) is 7.19. The molecule has 0 radical (unpaired) electrons. The summed E-state index contributed by atoms with van der Waals surface area (Å²) in [5, 5.41) is 9.02. The number of nitrogens with zero attached hydrogens (tertiary/aromatic N) is 4. The second-order valence-corrected chi connectivity index (χ2v) is 13.6. The monoisotopic (exact) mass is 643 g/mol. The van der Waals surface area contributed by atoms with Crippen molar-refractivity contribution in [1.29, 1.82) is 5.26 Å². The molecule has 1 aromatic heterocycles. The SMILES string of the molecule is Cc1cn([C@@H]2O[C@@]3(COS(C)(=O)=O)CN(C(=O)C(F)(F)F)[C@@H]2[C@H]3OP(OCCC#N)N(C(C)C)C(C)C)c(=O)[nH]c1=O. The van der Waals surface area contributed by atoms with Gasteiger partial charge in [0.2, 0.25) is 0 Å². The molecule has 2 bridgehead atoms. The van der Waals surface area contributed by atoms with Crippen molar-refractivity contribution in [3.05, 3.63) is 32.6 Å². The zero-order chi connectivity index (χ0) is 31.8. The normalized spacial score (nSPS) is 25.0. The number of carbonyl (C=O) groups is 1. The predicted molar refractivity (Wildman–Crippen MR) is 141 cm³/mol. The van der Waals surface area contributed by atoms with Crippen molar-refractivity contribution in [2.24, 2.45) is 0 Å². The van der Waals surface area contributed by atoms with E-state index in [4.69, 9.17) is 23.2 Å². The molecule has 14 nitrogen and oxygen atoms in total. The number of rotatable bonds is 12. The number of nitriles is 1. The minimum atomic E-state index is -5.35. The minimum Gasteiger partial charge on any atom is -0.342 e. The number of hydrogen-bond acceptors (Lipinski definition) is 11. The van der Waals surface area contributed by atoms with Crippen LogP contribution in [0.3, 0.4) is 0 Å². The summed E-state index contributed by atoms with van der Waals surface area (Å²) < 4.78 is 91.3. The van der Waals surface area contributed by atoms with Crippen LogP contribution in [0.1, 0.15) is 45.9 Å². The van der Waals surface area contributed by atoms with Crippen LogP contribution in [0.2, 0.25) is 0 Å². The number of carbonyl (C=O) groups excluding carboxylic acids is 1. The van der Waals surface area contributed by atoms with E-state index in [0.29, 0.717) is 4.90 Å². The lowest BCUT2D eigenvalue weighted by molar-refractivity contribution is -0.201. The van der Waals surface area contributed by atoms with Crippen molar-refractivity contribution in [3.63, 3.8) is 0 Å². The van der Waals surface area contributed by atoms with Crippen molar-refractivity contribution in [2.75, 3.05) is 26.0 Å². The number of aryl methyl sites for hydroxylation is 1. The molecule has 2 fully saturated rings. The average Bonchev–Trinajstić information content (AvgIpc) is 3.32. The third kappa shape index (κ3) is 7.21. The Hall–Kier alpha value is -2.39. The molecule has 0 spiro atoms. The molecule has 2 aliphatic heterocycles. The van der Waals surface area contributed by atoms with Crippen molar-refractivity contribution in [1.82, 2.24) is 19.1 Å². The zero-order valence-electron chi connectivity index (χ0n) is 23.7. The number of likely N-dealkylation sites (tertiary alicyclic amines) is 1. The zero-order valence-corrected chi connectivity index (χ0v) is 25.5. The van der Waals surface area contributed by atoms with E-state index in [1.807, 2.05) is 38.7 Å². The maximum Gasteiger partial charge on any atom is 0.471 e. The van der Waals surface area contributed by atoms with Gasteiger partial charge in [0.25, 0.3) is 24.2 Å². The number of hydrogen-bond donors (Lipinski definition) is 1. The van der Waals surface area contributed by atoms with E-state index in [1.165, 1.54) is 6.92 Å². The second kappa shape index (κ2) is 12.7. The number of ether oxygens (including phenoxy) is 1. The van der Waals surface area contributed by atoms with Crippen molar-refractivity contribution in [2.45, 2.75) is 83.3 Å². The predicted octanol–water partition coefficient (Wildman–Crippen LogP) is 1.52. The van der Waals surface area contributed by atoms with Gasteiger partial charge >= 0.3 is 17.8 Å². The Kier molecular flexibility index (Phi) is 10.3. The summed E-state index contributed by atoms with van der Waals surface area (Å²) in [5.74, 6) is -2.27. The Morgan fingerprint density at radius 2 is 1.93 bits per heavy atom. The Morgan fingerprint density at radius 1 is 1.31 bits per heavy atom. The maximum atomic E-state index is 13.8. The van der Waals surface area contributed by atoms with Gasteiger partial charge in [-0.3, -0.25) is 23.3 Å². The first-order valence-corrected chi connectivity index (χ1v) is 15.7. The van der Waals surface area contributed by atoms with E-state index in [0.717, 1.165) is 17.0 Å². The fraction of sp³-hybridized carbons (Fsp3) is 0.739. The molecule has 1 unspecified atom stereocenters. The van der Waals surface area contributed by atoms with Crippen molar-refractivity contribution < 1.29 is 44.4 Å². The number of fused-ring (bicyclic) bond motifs is 2. The average molecular weight is 644 g/mol. The molecule has 0 saturated carbocycles. The molecule has 19 heteroatoms. The number of H-pyrrole nitrogens is 1. The highest BCUT2D eigenvalue weighted by Crippen LogP contribution is 2.56. The number of amides is 1. The number of halogens is 3. The van der Waals surface area contributed by atoms with Crippen LogP contribution in [-0.2, 0) is 32.9 Å². The first-order valence-electron chi connectivity index (χ1n) is 12.8. The Bertz CT molecular complexity index is 1420. The third-order valence-electron chi connectivity index (χ3n) is 6.58. The number of aromatic amines is 1. The van der Waals surface area contributed by atoms with Gasteiger partial charge in [0.1, 0.15) is 17.7 Å². The molecule has 1 aromatic rings. The summed E-state index contributed by atoms with van der Waals surface area (Å²) in [6, 6.07) is -0.171. The van der Waals surface area contributed by atoms with Crippen LogP contribution in [0, 0.1) is 18.3 Å². The van der Waals surface area contributed by atoms with Crippen LogP contribution in [-0.4, -0.2) is 95.5 Å². The number of alkyl halides is 3. The third-order valence-corrected chi connectivity index (χ3v) is 9.24. The summed E-state index contributed by atoms with van der Waals surface area (Å²) in [6.45, 7) is 6.86. The van der Waals surface area contributed by atoms with Crippen LogP contribution in [0.5, 0.6) is 0 Å². The van der Waals surface area contributed by atoms with Gasteiger partial charge in [-0.25, -0.2) is 9.46 Å². The van der Waals surface area contributed by atoms with Crippen molar-refractivity contribution >= 4 is 24.6 Å². The van der Waals surface area contributed by atoms with E-state index < -0.39 is 79.1 Å². The lowest BCUT2D eigenvalue weighted by Gasteiger charge is -2.38. The first kappa shape index (κ1) is 34.1. The maximum absolute atomic E-state index is 13.8. The van der Waals surface area contributed by atoms with Crippen LogP contribution >= 0.6 is 8.53 Å². The topological polar surface area (TPSA) is 173 Å². The number of morpholine rings is 1. The van der Waals surface area contributed by atoms with Gasteiger partial charge in [-0.1, -0.05) is 0 Å². The molecular weight excluding hydrogens is 610 g/mol. The van der Waals surface area contributed by atoms with Gasteiger partial charge < -0.3 is 18.7 Å². The van der Waals surface area contributed by atoms with Gasteiger partial charge in [0.05, 0.1) is 38.5 Å². The standard InChI is InChI=1S/C23H33F3N5O9PS/c1-13(2)31(14(3)4)41(37-9-7-8-27)40-17-16-19(29-10-15(5)18(32)28-21(29)34)39-22(17,12-38-42(6,35)36)11-30(16)20(33)23(24,25)26/h10,13-14,16-17,19H,7,9,11-12H2,1-6H3,(H,28,32,34)/t16-,17-,19-,22-,41?/m1/s1. The lowest BCUT2D eigenvalue weighted by atomic mass is 10.0. The molecular formula is C23H33F3N5O9PS. The molecule has 3 heterocycles. The Balaban J connectivity index is 2.22. The molecule has 42 heavy (non-hydrogen) atoms. The van der Waals surface area contributed by atoms with E-state index in [-0.39, 0.29) is 30.7 Å². The highest BCUT2D eigenvalue weighted by Gasteiger charge is 2.69. The largest absolute Gasteiger partial charge is 0.471 e. The summed E-state index contributed by atoms with van der Waals surface area (Å²) in [6.07, 6.45) is -6.76. The van der Waals surface area contributed by atoms with Gasteiger partial charge in [-0.05, 0) is 34.6 Å². The summed E-state index contributed by atoms with van der Waals surface area (Å²) in [7, 11) is -6.32. The lowest BCUT2D eigenvalue weighted by Crippen LogP contribution is -2.54. The van der Waals surface area contributed by atoms with Gasteiger partial charge in [-0.15, -0.1) is 0 Å². The van der Waals surface area contributed by atoms with Gasteiger partial charge in [0.15, 0.2) is 6.23 Å². The number of nitrogens with one attached hydrogen (secondary N) is 1. The van der Waals surface area contributed by atoms with Crippen LogP contribution < -0.4 is 11.2 Å². The van der Waals surface area contributed by atoms with E-state index in [9.17, 15) is 36.0 Å². The summed E-state index contributed by atoms with van der Waals surface area (Å²) >= 11 is 0. The molecule has 236 valence electrons. The van der Waals surface area contributed by atoms with E-state index >= 15 is 0 Å². The first-order chi connectivity index (χ1) is 19.3. The van der Waals surface area contributed by atoms with Crippen LogP contribution in [0.25, 0.3) is 0 Å². The molecule has 3 rings (SSSR count). The fourth-order valence-electron chi connectivity index (χ4n) is 4.96. The molecule has 1 amide bonds. The minimum absolute atomic E-state index is 0.0152. The summed E-state index contributed by atoms with van der Waals surface area (Å²) in [4.78, 5) is 40.0. The highest BCUT2D eigenvalue weighted by atomic mass is 32.2. The van der Waals surface area contributed by atoms with Crippen LogP contribution in [0.15, 0.2) is 15.8 Å². The molecule has 0 aromatic carbocycles. The number of aromatic nitrogens is 2. The molecule has 5 atom stereocenters. The Morgan fingerprint density at radius 3 is 2.45 bits per heavy atom. The molecule has 2 saturated heterocycles. The van der Waals surface area contributed by atoms with Gasteiger partial charge in [-0.2, -0.15) is 26.9 Å². The van der Waals surface area contributed by atoms with Crippen LogP contribution in [0.4, 0.5) is 13.2 Å². The van der Waals surface area contributed by atoms with Crippen molar-refractivity contribution in [3.8, 4) is 6.07 Å². The molecule has 0 aliphatic carbocycles. The highest BCUT2D eigenvalue weighted by molar-refractivity contribution is 7.86. The quantitative estimate of drug-likeness (QED) is 0.199. The van der Waals surface area contributed by atoms with E-state index in [2.05, 4.69) is 0 Å².